The summed E-state index contributed by atoms with van der Waals surface area (Å²) >= 11 is 3.54. The van der Waals surface area contributed by atoms with Gasteiger partial charge >= 0.3 is 0 Å². The first-order chi connectivity index (χ1) is 7.20. The van der Waals surface area contributed by atoms with Crippen LogP contribution in [0.2, 0.25) is 0 Å². The van der Waals surface area contributed by atoms with Gasteiger partial charge in [0.05, 0.1) is 0 Å². The van der Waals surface area contributed by atoms with Crippen LogP contribution in [0, 0.1) is 17.8 Å². The number of hydrogen-bond donors (Lipinski definition) is 1. The minimum atomic E-state index is 0.310. The number of alkyl halides is 1. The lowest BCUT2D eigenvalue weighted by molar-refractivity contribution is -0.123. The van der Waals surface area contributed by atoms with E-state index in [1.165, 1.54) is 25.7 Å². The first-order valence-corrected chi connectivity index (χ1v) is 7.19. The summed E-state index contributed by atoms with van der Waals surface area (Å²) in [5, 5.41) is 4.32. The van der Waals surface area contributed by atoms with Gasteiger partial charge in [0.25, 0.3) is 0 Å². The maximum Gasteiger partial charge on any atom is 0.223 e. The van der Waals surface area contributed by atoms with Crippen LogP contribution in [-0.2, 0) is 4.79 Å². The van der Waals surface area contributed by atoms with Gasteiger partial charge in [-0.05, 0) is 43.9 Å². The van der Waals surface area contributed by atoms with Gasteiger partial charge in [0.2, 0.25) is 5.91 Å². The Morgan fingerprint density at radius 2 is 1.93 bits per heavy atom. The fourth-order valence-corrected chi connectivity index (χ4v) is 3.10. The van der Waals surface area contributed by atoms with Crippen LogP contribution in [-0.4, -0.2) is 17.3 Å². The van der Waals surface area contributed by atoms with E-state index in [1.807, 2.05) is 0 Å². The van der Waals surface area contributed by atoms with Gasteiger partial charge in [-0.3, -0.25) is 4.79 Å². The number of nitrogens with one attached hydrogen (secondary N) is 1. The molecule has 0 saturated heterocycles. The minimum Gasteiger partial charge on any atom is -0.353 e. The van der Waals surface area contributed by atoms with Gasteiger partial charge in [-0.25, -0.2) is 0 Å². The molecular weight excluding hydrogens is 254 g/mol. The topological polar surface area (TPSA) is 29.1 Å². The van der Waals surface area contributed by atoms with Crippen LogP contribution in [0.5, 0.6) is 0 Å². The third-order valence-electron chi connectivity index (χ3n) is 3.86. The number of hydrogen-bond acceptors (Lipinski definition) is 1. The van der Waals surface area contributed by atoms with Gasteiger partial charge in [-0.1, -0.05) is 22.9 Å². The Kier molecular flexibility index (Phi) is 3.70. The van der Waals surface area contributed by atoms with Gasteiger partial charge < -0.3 is 5.32 Å². The third kappa shape index (κ3) is 2.96. The average molecular weight is 274 g/mol. The molecular formula is C12H20BrNO. The first kappa shape index (κ1) is 11.4. The Bertz CT molecular complexity index is 236. The summed E-state index contributed by atoms with van der Waals surface area (Å²) in [6.45, 7) is 2.16. The largest absolute Gasteiger partial charge is 0.353 e. The lowest BCUT2D eigenvalue weighted by atomic mass is 9.87. The molecule has 2 atom stereocenters. The minimum absolute atomic E-state index is 0.310. The standard InChI is InChI=1S/C12H20BrNO/c1-8-6-11(8)12(15)14-10-4-2-9(7-13)3-5-10/h8-11H,2-7H2,1H3,(H,14,15). The molecule has 0 bridgehead atoms. The molecule has 86 valence electrons. The van der Waals surface area contributed by atoms with E-state index in [9.17, 15) is 4.79 Å². The molecule has 0 heterocycles. The second-order valence-electron chi connectivity index (χ2n) is 5.20. The van der Waals surface area contributed by atoms with Gasteiger partial charge in [-0.2, -0.15) is 0 Å². The third-order valence-corrected chi connectivity index (χ3v) is 4.77. The van der Waals surface area contributed by atoms with Crippen LogP contribution in [0.3, 0.4) is 0 Å². The second kappa shape index (κ2) is 4.86. The summed E-state index contributed by atoms with van der Waals surface area (Å²) in [7, 11) is 0. The maximum atomic E-state index is 11.7. The van der Waals surface area contributed by atoms with Crippen LogP contribution >= 0.6 is 15.9 Å². The molecule has 2 rings (SSSR count). The summed E-state index contributed by atoms with van der Waals surface area (Å²) < 4.78 is 0. The highest BCUT2D eigenvalue weighted by Gasteiger charge is 2.39. The van der Waals surface area contributed by atoms with Crippen molar-refractivity contribution in [3.05, 3.63) is 0 Å². The second-order valence-corrected chi connectivity index (χ2v) is 5.85. The van der Waals surface area contributed by atoms with Crippen molar-refractivity contribution in [2.75, 3.05) is 5.33 Å². The van der Waals surface area contributed by atoms with Crippen molar-refractivity contribution in [3.63, 3.8) is 0 Å². The fourth-order valence-electron chi connectivity index (χ4n) is 2.46. The van der Waals surface area contributed by atoms with Crippen LogP contribution in [0.1, 0.15) is 39.0 Å². The Hall–Kier alpha value is -0.0500. The summed E-state index contributed by atoms with van der Waals surface area (Å²) in [5.41, 5.74) is 0. The Balaban J connectivity index is 1.70. The molecule has 0 aromatic carbocycles. The quantitative estimate of drug-likeness (QED) is 0.788. The average Bonchev–Trinajstić information content (AvgIpc) is 2.97. The lowest BCUT2D eigenvalue weighted by Crippen LogP contribution is -2.38. The number of carbonyl (C=O) groups excluding carboxylic acids is 1. The van der Waals surface area contributed by atoms with E-state index in [0.29, 0.717) is 23.8 Å². The summed E-state index contributed by atoms with van der Waals surface area (Å²) in [6.07, 6.45) is 5.96. The molecule has 0 aromatic rings. The fraction of sp³-hybridized carbons (Fsp3) is 0.917. The van der Waals surface area contributed by atoms with Crippen molar-refractivity contribution in [1.82, 2.24) is 5.32 Å². The Labute approximate surface area is 100 Å². The highest BCUT2D eigenvalue weighted by atomic mass is 79.9. The van der Waals surface area contributed by atoms with Crippen molar-refractivity contribution < 1.29 is 4.79 Å². The van der Waals surface area contributed by atoms with E-state index in [1.54, 1.807) is 0 Å². The van der Waals surface area contributed by atoms with Crippen molar-refractivity contribution in [3.8, 4) is 0 Å². The molecule has 0 aliphatic heterocycles. The van der Waals surface area contributed by atoms with Crippen molar-refractivity contribution in [2.24, 2.45) is 17.8 Å². The van der Waals surface area contributed by atoms with E-state index in [2.05, 4.69) is 28.2 Å². The molecule has 2 aliphatic rings. The molecule has 0 radical (unpaired) electrons. The van der Waals surface area contributed by atoms with E-state index >= 15 is 0 Å². The van der Waals surface area contributed by atoms with Crippen LogP contribution < -0.4 is 5.32 Å². The zero-order chi connectivity index (χ0) is 10.8. The zero-order valence-electron chi connectivity index (χ0n) is 9.34. The van der Waals surface area contributed by atoms with Gasteiger partial charge in [0.15, 0.2) is 0 Å². The van der Waals surface area contributed by atoms with Gasteiger partial charge in [-0.15, -0.1) is 0 Å². The van der Waals surface area contributed by atoms with Crippen LogP contribution in [0.15, 0.2) is 0 Å². The summed E-state index contributed by atoms with van der Waals surface area (Å²) in [6, 6.07) is 0.459. The molecule has 2 unspecified atom stereocenters. The molecule has 2 aliphatic carbocycles. The normalized spacial score (nSPS) is 39.9. The highest BCUT2D eigenvalue weighted by Crippen LogP contribution is 2.38. The predicted molar refractivity (Wildman–Crippen MR) is 65.0 cm³/mol. The lowest BCUT2D eigenvalue weighted by Gasteiger charge is -2.28. The molecule has 0 spiro atoms. The molecule has 2 saturated carbocycles. The van der Waals surface area contributed by atoms with Crippen LogP contribution in [0.4, 0.5) is 0 Å². The molecule has 15 heavy (non-hydrogen) atoms. The molecule has 3 heteroatoms. The van der Waals surface area contributed by atoms with Crippen molar-refractivity contribution in [2.45, 2.75) is 45.1 Å². The van der Waals surface area contributed by atoms with E-state index in [-0.39, 0.29) is 0 Å². The molecule has 1 N–H and O–H groups in total. The summed E-state index contributed by atoms with van der Waals surface area (Å²) in [4.78, 5) is 11.7. The van der Waals surface area contributed by atoms with E-state index in [4.69, 9.17) is 0 Å². The number of amides is 1. The predicted octanol–water partition coefficient (Wildman–Crippen LogP) is 2.71. The van der Waals surface area contributed by atoms with Gasteiger partial charge in [0, 0.05) is 17.3 Å². The molecule has 0 aromatic heterocycles. The van der Waals surface area contributed by atoms with Crippen LogP contribution in [0.25, 0.3) is 0 Å². The first-order valence-electron chi connectivity index (χ1n) is 6.07. The zero-order valence-corrected chi connectivity index (χ0v) is 10.9. The number of halogens is 1. The van der Waals surface area contributed by atoms with Crippen molar-refractivity contribution >= 4 is 21.8 Å². The maximum absolute atomic E-state index is 11.7. The van der Waals surface area contributed by atoms with Crippen molar-refractivity contribution in [1.29, 1.82) is 0 Å². The highest BCUT2D eigenvalue weighted by molar-refractivity contribution is 9.09. The van der Waals surface area contributed by atoms with Gasteiger partial charge in [0.1, 0.15) is 0 Å². The van der Waals surface area contributed by atoms with E-state index < -0.39 is 0 Å². The number of rotatable bonds is 3. The smallest absolute Gasteiger partial charge is 0.223 e. The number of carbonyl (C=O) groups is 1. The Morgan fingerprint density at radius 3 is 2.40 bits per heavy atom. The monoisotopic (exact) mass is 273 g/mol. The van der Waals surface area contributed by atoms with E-state index in [0.717, 1.165) is 17.7 Å². The summed E-state index contributed by atoms with van der Waals surface area (Å²) in [5.74, 6) is 2.10. The molecule has 1 amide bonds. The SMILES string of the molecule is CC1CC1C(=O)NC1CCC(CBr)CC1. The Morgan fingerprint density at radius 1 is 1.33 bits per heavy atom. The molecule has 2 fully saturated rings. The molecule has 2 nitrogen and oxygen atoms in total.